The fourth-order valence-electron chi connectivity index (χ4n) is 3.96. The molecule has 0 N–H and O–H groups in total. The molecule has 2 aromatic heterocycles. The topological polar surface area (TPSA) is 109 Å². The SMILES string of the molecule is COC(=O)c1c(OCCc2ccccc2F)cc(=O)n2c1CCN(C(=O)Cn1cncn1)CC2. The third kappa shape index (κ3) is 4.98. The van der Waals surface area contributed by atoms with E-state index in [9.17, 15) is 18.8 Å². The number of benzene rings is 1. The number of hydrogen-bond donors (Lipinski definition) is 0. The Balaban J connectivity index is 1.55. The van der Waals surface area contributed by atoms with Crippen molar-refractivity contribution in [3.63, 3.8) is 0 Å². The molecular weight excluding hydrogens is 445 g/mol. The Morgan fingerprint density at radius 2 is 2.00 bits per heavy atom. The third-order valence-electron chi connectivity index (χ3n) is 5.69. The van der Waals surface area contributed by atoms with Gasteiger partial charge in [-0.3, -0.25) is 9.59 Å². The molecule has 0 bridgehead atoms. The van der Waals surface area contributed by atoms with Crippen LogP contribution in [-0.2, 0) is 35.5 Å². The summed E-state index contributed by atoms with van der Waals surface area (Å²) in [5.41, 5.74) is 0.696. The Kier molecular flexibility index (Phi) is 7.00. The van der Waals surface area contributed by atoms with Gasteiger partial charge in [-0.15, -0.1) is 0 Å². The van der Waals surface area contributed by atoms with Crippen molar-refractivity contribution in [2.24, 2.45) is 0 Å². The van der Waals surface area contributed by atoms with Crippen molar-refractivity contribution in [3.05, 3.63) is 76.0 Å². The number of pyridine rings is 1. The summed E-state index contributed by atoms with van der Waals surface area (Å²) in [5.74, 6) is -1.09. The Morgan fingerprint density at radius 1 is 1.18 bits per heavy atom. The fourth-order valence-corrected chi connectivity index (χ4v) is 3.96. The molecule has 0 unspecified atom stereocenters. The number of rotatable bonds is 7. The van der Waals surface area contributed by atoms with Crippen molar-refractivity contribution in [1.29, 1.82) is 0 Å². The molecule has 178 valence electrons. The van der Waals surface area contributed by atoms with Gasteiger partial charge in [0.1, 0.15) is 36.3 Å². The second-order valence-corrected chi connectivity index (χ2v) is 7.73. The van der Waals surface area contributed by atoms with Crippen LogP contribution in [0, 0.1) is 5.82 Å². The maximum absolute atomic E-state index is 13.9. The Labute approximate surface area is 194 Å². The van der Waals surface area contributed by atoms with Crippen molar-refractivity contribution in [1.82, 2.24) is 24.2 Å². The quantitative estimate of drug-likeness (QED) is 0.476. The first kappa shape index (κ1) is 23.1. The molecule has 4 rings (SSSR count). The van der Waals surface area contributed by atoms with E-state index < -0.39 is 5.97 Å². The molecule has 0 aliphatic carbocycles. The number of carbonyl (C=O) groups is 2. The molecule has 1 aliphatic rings. The number of esters is 1. The first-order valence-electron chi connectivity index (χ1n) is 10.8. The Morgan fingerprint density at radius 3 is 2.74 bits per heavy atom. The molecule has 3 aromatic rings. The highest BCUT2D eigenvalue weighted by Gasteiger charge is 2.27. The van der Waals surface area contributed by atoms with Crippen molar-refractivity contribution < 1.29 is 23.5 Å². The maximum atomic E-state index is 13.9. The van der Waals surface area contributed by atoms with E-state index in [0.717, 1.165) is 0 Å². The van der Waals surface area contributed by atoms with Gasteiger partial charge in [0.15, 0.2) is 0 Å². The van der Waals surface area contributed by atoms with Gasteiger partial charge >= 0.3 is 5.97 Å². The van der Waals surface area contributed by atoms with Gasteiger partial charge in [-0.2, -0.15) is 5.10 Å². The molecular formula is C23H24FN5O5. The van der Waals surface area contributed by atoms with E-state index in [1.54, 1.807) is 23.1 Å². The summed E-state index contributed by atoms with van der Waals surface area (Å²) < 4.78 is 27.5. The molecule has 0 atom stereocenters. The molecule has 10 nitrogen and oxygen atoms in total. The monoisotopic (exact) mass is 469 g/mol. The summed E-state index contributed by atoms with van der Waals surface area (Å²) in [5, 5.41) is 3.95. The highest BCUT2D eigenvalue weighted by molar-refractivity contribution is 5.93. The lowest BCUT2D eigenvalue weighted by Gasteiger charge is -2.19. The summed E-state index contributed by atoms with van der Waals surface area (Å²) in [7, 11) is 1.25. The summed E-state index contributed by atoms with van der Waals surface area (Å²) in [4.78, 5) is 43.7. The average molecular weight is 469 g/mol. The summed E-state index contributed by atoms with van der Waals surface area (Å²) in [6.45, 7) is 0.913. The number of aromatic nitrogens is 4. The summed E-state index contributed by atoms with van der Waals surface area (Å²) in [6, 6.07) is 7.58. The van der Waals surface area contributed by atoms with E-state index in [2.05, 4.69) is 10.1 Å². The minimum Gasteiger partial charge on any atom is -0.492 e. The lowest BCUT2D eigenvalue weighted by molar-refractivity contribution is -0.132. The van der Waals surface area contributed by atoms with Crippen LogP contribution in [-0.4, -0.2) is 62.9 Å². The number of ether oxygens (including phenoxy) is 2. The van der Waals surface area contributed by atoms with Crippen LogP contribution in [0.25, 0.3) is 0 Å². The number of amides is 1. The predicted octanol–water partition coefficient (Wildman–Crippen LogP) is 1.07. The number of carbonyl (C=O) groups excluding carboxylic acids is 2. The Bertz CT molecular complexity index is 1240. The van der Waals surface area contributed by atoms with Crippen LogP contribution in [0.5, 0.6) is 5.75 Å². The number of hydrogen-bond acceptors (Lipinski definition) is 7. The van der Waals surface area contributed by atoms with Crippen LogP contribution in [0.1, 0.15) is 21.6 Å². The van der Waals surface area contributed by atoms with E-state index in [1.807, 2.05) is 0 Å². The zero-order chi connectivity index (χ0) is 24.1. The molecule has 0 spiro atoms. The minimum atomic E-state index is -0.646. The van der Waals surface area contributed by atoms with Crippen molar-refractivity contribution >= 4 is 11.9 Å². The average Bonchev–Trinajstić information content (AvgIpc) is 3.23. The molecule has 1 aliphatic heterocycles. The van der Waals surface area contributed by atoms with Gasteiger partial charge in [-0.25, -0.2) is 18.9 Å². The van der Waals surface area contributed by atoms with Gasteiger partial charge in [0.25, 0.3) is 5.56 Å². The number of fused-ring (bicyclic) bond motifs is 1. The molecule has 1 amide bonds. The zero-order valence-electron chi connectivity index (χ0n) is 18.6. The normalized spacial score (nSPS) is 13.2. The molecule has 34 heavy (non-hydrogen) atoms. The molecule has 0 fully saturated rings. The van der Waals surface area contributed by atoms with Crippen molar-refractivity contribution in [3.8, 4) is 5.75 Å². The second kappa shape index (κ2) is 10.3. The smallest absolute Gasteiger partial charge is 0.343 e. The summed E-state index contributed by atoms with van der Waals surface area (Å²) in [6.07, 6.45) is 3.32. The van der Waals surface area contributed by atoms with E-state index in [4.69, 9.17) is 9.47 Å². The van der Waals surface area contributed by atoms with Crippen LogP contribution >= 0.6 is 0 Å². The molecule has 0 saturated carbocycles. The third-order valence-corrected chi connectivity index (χ3v) is 5.69. The van der Waals surface area contributed by atoms with E-state index in [1.165, 1.54) is 41.1 Å². The fraction of sp³-hybridized carbons (Fsp3) is 0.348. The maximum Gasteiger partial charge on any atom is 0.343 e. The minimum absolute atomic E-state index is 0.0273. The van der Waals surface area contributed by atoms with Crippen LogP contribution in [0.3, 0.4) is 0 Å². The molecule has 0 radical (unpaired) electrons. The number of nitrogens with zero attached hydrogens (tertiary/aromatic N) is 5. The van der Waals surface area contributed by atoms with Gasteiger partial charge in [-0.1, -0.05) is 18.2 Å². The predicted molar refractivity (Wildman–Crippen MR) is 118 cm³/mol. The van der Waals surface area contributed by atoms with Gasteiger partial charge < -0.3 is 18.9 Å². The highest BCUT2D eigenvalue weighted by Crippen LogP contribution is 2.24. The zero-order valence-corrected chi connectivity index (χ0v) is 18.6. The van der Waals surface area contributed by atoms with Crippen LogP contribution in [0.2, 0.25) is 0 Å². The molecule has 1 aromatic carbocycles. The van der Waals surface area contributed by atoms with Crippen LogP contribution in [0.4, 0.5) is 4.39 Å². The molecule has 0 saturated heterocycles. The molecule has 3 heterocycles. The lowest BCUT2D eigenvalue weighted by atomic mass is 10.1. The second-order valence-electron chi connectivity index (χ2n) is 7.73. The number of halogens is 1. The van der Waals surface area contributed by atoms with E-state index >= 15 is 0 Å². The van der Waals surface area contributed by atoms with Gasteiger partial charge in [0.2, 0.25) is 5.91 Å². The van der Waals surface area contributed by atoms with Gasteiger partial charge in [0, 0.05) is 44.2 Å². The summed E-state index contributed by atoms with van der Waals surface area (Å²) >= 11 is 0. The van der Waals surface area contributed by atoms with E-state index in [-0.39, 0.29) is 61.1 Å². The van der Waals surface area contributed by atoms with Crippen molar-refractivity contribution in [2.75, 3.05) is 26.8 Å². The standard InChI is InChI=1S/C23H24FN5O5/c1-33-23(32)22-18-6-8-27(21(31)13-28-15-25-14-26-28)9-10-29(18)20(30)12-19(22)34-11-7-16-4-2-3-5-17(16)24/h2-5,12,14-15H,6-11,13H2,1H3. The first-order valence-corrected chi connectivity index (χ1v) is 10.8. The van der Waals surface area contributed by atoms with Gasteiger partial charge in [-0.05, 0) is 11.6 Å². The Hall–Kier alpha value is -4.02. The van der Waals surface area contributed by atoms with E-state index in [0.29, 0.717) is 24.3 Å². The molecule has 11 heteroatoms. The number of methoxy groups -OCH3 is 1. The van der Waals surface area contributed by atoms with Crippen LogP contribution < -0.4 is 10.3 Å². The largest absolute Gasteiger partial charge is 0.492 e. The highest BCUT2D eigenvalue weighted by atomic mass is 19.1. The first-order chi connectivity index (χ1) is 16.5. The van der Waals surface area contributed by atoms with Crippen LogP contribution in [0.15, 0.2) is 47.8 Å². The van der Waals surface area contributed by atoms with Crippen molar-refractivity contribution in [2.45, 2.75) is 25.9 Å². The lowest BCUT2D eigenvalue weighted by Crippen LogP contribution is -2.36. The van der Waals surface area contributed by atoms with Gasteiger partial charge in [0.05, 0.1) is 13.7 Å².